The summed E-state index contributed by atoms with van der Waals surface area (Å²) in [5, 5.41) is -0.122. The highest BCUT2D eigenvalue weighted by atomic mass is 35.5. The number of halogens is 1. The monoisotopic (exact) mass is 288 g/mol. The maximum atomic E-state index is 6.63. The molecule has 2 rings (SSSR count). The minimum atomic E-state index is -0.122. The molecule has 1 nitrogen and oxygen atoms in total. The first-order valence-electron chi connectivity index (χ1n) is 6.96. The summed E-state index contributed by atoms with van der Waals surface area (Å²) in [7, 11) is 0. The molecule has 2 heteroatoms. The highest BCUT2D eigenvalue weighted by molar-refractivity contribution is 6.22. The van der Waals surface area contributed by atoms with E-state index in [4.69, 9.17) is 16.3 Å². The first kappa shape index (κ1) is 14.9. The van der Waals surface area contributed by atoms with E-state index in [9.17, 15) is 0 Å². The average molecular weight is 289 g/mol. The van der Waals surface area contributed by atoms with Gasteiger partial charge in [-0.15, -0.1) is 11.6 Å². The Kier molecular flexibility index (Phi) is 4.72. The van der Waals surface area contributed by atoms with E-state index in [1.807, 2.05) is 38.1 Å². The Morgan fingerprint density at radius 1 is 0.950 bits per heavy atom. The largest absolute Gasteiger partial charge is 0.491 e. The van der Waals surface area contributed by atoms with Gasteiger partial charge in [0.2, 0.25) is 0 Å². The highest BCUT2D eigenvalue weighted by Gasteiger charge is 2.14. The Morgan fingerprint density at radius 3 is 2.20 bits per heavy atom. The molecule has 20 heavy (non-hydrogen) atoms. The molecule has 0 heterocycles. The van der Waals surface area contributed by atoms with Crippen molar-refractivity contribution in [1.82, 2.24) is 0 Å². The van der Waals surface area contributed by atoms with Crippen molar-refractivity contribution in [1.29, 1.82) is 0 Å². The van der Waals surface area contributed by atoms with Crippen LogP contribution in [0, 0.1) is 13.8 Å². The van der Waals surface area contributed by atoms with Crippen molar-refractivity contribution in [2.24, 2.45) is 0 Å². The molecule has 0 saturated carbocycles. The van der Waals surface area contributed by atoms with Crippen LogP contribution in [0.5, 0.6) is 5.75 Å². The summed E-state index contributed by atoms with van der Waals surface area (Å²) in [6.07, 6.45) is 0.187. The topological polar surface area (TPSA) is 9.23 Å². The molecule has 0 aliphatic heterocycles. The molecule has 0 radical (unpaired) electrons. The summed E-state index contributed by atoms with van der Waals surface area (Å²) in [6.45, 7) is 8.28. The van der Waals surface area contributed by atoms with Crippen LogP contribution < -0.4 is 4.74 Å². The highest BCUT2D eigenvalue weighted by Crippen LogP contribution is 2.32. The zero-order chi connectivity index (χ0) is 14.7. The van der Waals surface area contributed by atoms with Crippen LogP contribution in [0.3, 0.4) is 0 Å². The molecule has 0 aliphatic carbocycles. The molecule has 1 unspecified atom stereocenters. The summed E-state index contributed by atoms with van der Waals surface area (Å²) in [5.41, 5.74) is 4.79. The SMILES string of the molecule is Cc1cccc(C(Cl)c2ccc(OC(C)C)cc2)c1C. The van der Waals surface area contributed by atoms with Gasteiger partial charge in [-0.1, -0.05) is 30.3 Å². The van der Waals surface area contributed by atoms with E-state index >= 15 is 0 Å². The Labute approximate surface area is 126 Å². The third-order valence-corrected chi connectivity index (χ3v) is 3.95. The average Bonchev–Trinajstić information content (AvgIpc) is 2.41. The van der Waals surface area contributed by atoms with Gasteiger partial charge in [0.25, 0.3) is 0 Å². The van der Waals surface area contributed by atoms with Crippen LogP contribution in [-0.4, -0.2) is 6.10 Å². The first-order valence-corrected chi connectivity index (χ1v) is 7.39. The fourth-order valence-corrected chi connectivity index (χ4v) is 2.60. The summed E-state index contributed by atoms with van der Waals surface area (Å²) < 4.78 is 5.65. The fourth-order valence-electron chi connectivity index (χ4n) is 2.22. The normalized spacial score (nSPS) is 12.5. The van der Waals surface area contributed by atoms with E-state index in [1.165, 1.54) is 16.7 Å². The summed E-state index contributed by atoms with van der Waals surface area (Å²) in [4.78, 5) is 0. The third kappa shape index (κ3) is 3.34. The molecule has 0 N–H and O–H groups in total. The number of benzene rings is 2. The summed E-state index contributed by atoms with van der Waals surface area (Å²) in [5.74, 6) is 0.883. The Bertz CT molecular complexity index is 572. The van der Waals surface area contributed by atoms with Crippen LogP contribution in [0.15, 0.2) is 42.5 Å². The predicted octanol–water partition coefficient (Wildman–Crippen LogP) is 5.42. The van der Waals surface area contributed by atoms with Gasteiger partial charge < -0.3 is 4.74 Å². The molecule has 0 spiro atoms. The second-order valence-corrected chi connectivity index (χ2v) is 5.82. The molecular formula is C18H21ClO. The van der Waals surface area contributed by atoms with E-state index in [2.05, 4.69) is 32.0 Å². The molecule has 0 aromatic heterocycles. The van der Waals surface area contributed by atoms with Gasteiger partial charge in [0.15, 0.2) is 0 Å². The number of rotatable bonds is 4. The molecule has 0 saturated heterocycles. The van der Waals surface area contributed by atoms with Crippen molar-refractivity contribution in [3.63, 3.8) is 0 Å². The second-order valence-electron chi connectivity index (χ2n) is 5.39. The lowest BCUT2D eigenvalue weighted by Crippen LogP contribution is -2.05. The van der Waals surface area contributed by atoms with Crippen LogP contribution in [-0.2, 0) is 0 Å². The number of hydrogen-bond donors (Lipinski definition) is 0. The predicted molar refractivity (Wildman–Crippen MR) is 85.8 cm³/mol. The molecule has 1 atom stereocenters. The molecular weight excluding hydrogens is 268 g/mol. The van der Waals surface area contributed by atoms with Gasteiger partial charge >= 0.3 is 0 Å². The van der Waals surface area contributed by atoms with Gasteiger partial charge in [-0.05, 0) is 62.1 Å². The van der Waals surface area contributed by atoms with E-state index in [0.717, 1.165) is 11.3 Å². The third-order valence-electron chi connectivity index (χ3n) is 3.46. The van der Waals surface area contributed by atoms with Crippen molar-refractivity contribution in [3.05, 3.63) is 64.7 Å². The van der Waals surface area contributed by atoms with E-state index in [-0.39, 0.29) is 11.5 Å². The van der Waals surface area contributed by atoms with Gasteiger partial charge in [0.1, 0.15) is 5.75 Å². The quantitative estimate of drug-likeness (QED) is 0.683. The lowest BCUT2D eigenvalue weighted by atomic mass is 9.97. The van der Waals surface area contributed by atoms with Gasteiger partial charge in [0, 0.05) is 0 Å². The van der Waals surface area contributed by atoms with E-state index in [0.29, 0.717) is 0 Å². The lowest BCUT2D eigenvalue weighted by molar-refractivity contribution is 0.242. The van der Waals surface area contributed by atoms with Crippen molar-refractivity contribution in [2.45, 2.75) is 39.2 Å². The molecule has 0 aliphatic rings. The minimum absolute atomic E-state index is 0.122. The molecule has 2 aromatic carbocycles. The van der Waals surface area contributed by atoms with Crippen LogP contribution in [0.25, 0.3) is 0 Å². The summed E-state index contributed by atoms with van der Waals surface area (Å²) >= 11 is 6.63. The summed E-state index contributed by atoms with van der Waals surface area (Å²) in [6, 6.07) is 14.3. The van der Waals surface area contributed by atoms with Crippen molar-refractivity contribution >= 4 is 11.6 Å². The first-order chi connectivity index (χ1) is 9.49. The smallest absolute Gasteiger partial charge is 0.119 e. The Balaban J connectivity index is 2.25. The molecule has 0 amide bonds. The maximum absolute atomic E-state index is 6.63. The van der Waals surface area contributed by atoms with Crippen molar-refractivity contribution < 1.29 is 4.74 Å². The zero-order valence-corrected chi connectivity index (χ0v) is 13.2. The van der Waals surface area contributed by atoms with Crippen molar-refractivity contribution in [3.8, 4) is 5.75 Å². The van der Waals surface area contributed by atoms with Gasteiger partial charge in [-0.3, -0.25) is 0 Å². The number of alkyl halides is 1. The molecule has 0 fully saturated rings. The molecule has 2 aromatic rings. The standard InChI is InChI=1S/C18H21ClO/c1-12(2)20-16-10-8-15(9-11-16)18(19)17-7-5-6-13(3)14(17)4/h5-12,18H,1-4H3. The molecule has 106 valence electrons. The lowest BCUT2D eigenvalue weighted by Gasteiger charge is -2.16. The van der Waals surface area contributed by atoms with Crippen LogP contribution in [0.2, 0.25) is 0 Å². The minimum Gasteiger partial charge on any atom is -0.491 e. The second kappa shape index (κ2) is 6.32. The van der Waals surface area contributed by atoms with Crippen LogP contribution >= 0.6 is 11.6 Å². The Hall–Kier alpha value is -1.47. The number of hydrogen-bond acceptors (Lipinski definition) is 1. The number of ether oxygens (including phenoxy) is 1. The van der Waals surface area contributed by atoms with Crippen molar-refractivity contribution in [2.75, 3.05) is 0 Å². The van der Waals surface area contributed by atoms with Gasteiger partial charge in [-0.2, -0.15) is 0 Å². The maximum Gasteiger partial charge on any atom is 0.119 e. The Morgan fingerprint density at radius 2 is 1.60 bits per heavy atom. The van der Waals surface area contributed by atoms with E-state index in [1.54, 1.807) is 0 Å². The van der Waals surface area contributed by atoms with Crippen LogP contribution in [0.4, 0.5) is 0 Å². The van der Waals surface area contributed by atoms with Gasteiger partial charge in [-0.25, -0.2) is 0 Å². The van der Waals surface area contributed by atoms with Gasteiger partial charge in [0.05, 0.1) is 11.5 Å². The van der Waals surface area contributed by atoms with Crippen LogP contribution in [0.1, 0.15) is 41.5 Å². The van der Waals surface area contributed by atoms with E-state index < -0.39 is 0 Å². The fraction of sp³-hybridized carbons (Fsp3) is 0.333. The zero-order valence-electron chi connectivity index (χ0n) is 12.5. The molecule has 0 bridgehead atoms. The number of aryl methyl sites for hydroxylation is 1.